The number of nitrogens with one attached hydrogen (secondary N) is 3. The van der Waals surface area contributed by atoms with Gasteiger partial charge in [-0.05, 0) is 47.5 Å². The highest BCUT2D eigenvalue weighted by molar-refractivity contribution is 7.89. The molecule has 0 aliphatic heterocycles. The van der Waals surface area contributed by atoms with Crippen LogP contribution in [0.15, 0.2) is 77.8 Å². The van der Waals surface area contributed by atoms with E-state index >= 15 is 0 Å². The lowest BCUT2D eigenvalue weighted by Gasteiger charge is -2.09. The number of benzene rings is 2. The van der Waals surface area contributed by atoms with Crippen LogP contribution in [0.1, 0.15) is 6.92 Å². The fourth-order valence-corrected chi connectivity index (χ4v) is 3.73. The maximum Gasteiger partial charge on any atom is 0.240 e. The molecule has 0 atom stereocenters. The Morgan fingerprint density at radius 1 is 0.897 bits per heavy atom. The van der Waals surface area contributed by atoms with E-state index in [0.29, 0.717) is 18.1 Å². The minimum Gasteiger partial charge on any atom is -0.369 e. The molecule has 8 heteroatoms. The number of amides is 1. The van der Waals surface area contributed by atoms with Crippen molar-refractivity contribution in [1.82, 2.24) is 9.71 Å². The molecule has 150 valence electrons. The van der Waals surface area contributed by atoms with E-state index in [2.05, 4.69) is 20.3 Å². The topological polar surface area (TPSA) is 100 Å². The summed E-state index contributed by atoms with van der Waals surface area (Å²) in [5, 5.41) is 5.76. The summed E-state index contributed by atoms with van der Waals surface area (Å²) in [4.78, 5) is 15.4. The number of hydrogen-bond donors (Lipinski definition) is 3. The highest BCUT2D eigenvalue weighted by atomic mass is 32.2. The molecule has 0 radical (unpaired) electrons. The van der Waals surface area contributed by atoms with E-state index in [1.165, 1.54) is 6.92 Å². The summed E-state index contributed by atoms with van der Waals surface area (Å²) in [6.45, 7) is 2.12. The van der Waals surface area contributed by atoms with Gasteiger partial charge in [-0.2, -0.15) is 0 Å². The second-order valence-corrected chi connectivity index (χ2v) is 8.09. The summed E-state index contributed by atoms with van der Waals surface area (Å²) in [6.07, 6.45) is 1.67. The van der Waals surface area contributed by atoms with Crippen LogP contribution in [-0.4, -0.2) is 32.4 Å². The van der Waals surface area contributed by atoms with Crippen molar-refractivity contribution in [2.45, 2.75) is 11.8 Å². The standard InChI is InChI=1S/C21H22N4O3S/c1-16(26)25-19-9-5-17(6-10-19)18-7-11-20(12-8-18)29(27,28)24-15-14-23-21-4-2-3-13-22-21/h2-13,24H,14-15H2,1H3,(H,22,23)(H,25,26). The molecule has 0 aliphatic carbocycles. The highest BCUT2D eigenvalue weighted by Gasteiger charge is 2.13. The predicted molar refractivity (Wildman–Crippen MR) is 114 cm³/mol. The Morgan fingerprint density at radius 3 is 2.14 bits per heavy atom. The first kappa shape index (κ1) is 20.5. The maximum atomic E-state index is 12.4. The molecule has 2 aromatic carbocycles. The van der Waals surface area contributed by atoms with Crippen LogP contribution in [0, 0.1) is 0 Å². The summed E-state index contributed by atoms with van der Waals surface area (Å²) in [7, 11) is -3.59. The predicted octanol–water partition coefficient (Wildman–Crippen LogP) is 3.10. The molecule has 29 heavy (non-hydrogen) atoms. The smallest absolute Gasteiger partial charge is 0.240 e. The summed E-state index contributed by atoms with van der Waals surface area (Å²) in [5.41, 5.74) is 2.52. The molecule has 0 unspecified atom stereocenters. The number of hydrogen-bond acceptors (Lipinski definition) is 5. The minimum atomic E-state index is -3.59. The van der Waals surface area contributed by atoms with E-state index in [1.807, 2.05) is 30.3 Å². The van der Waals surface area contributed by atoms with Gasteiger partial charge in [0, 0.05) is 31.9 Å². The monoisotopic (exact) mass is 410 g/mol. The van der Waals surface area contributed by atoms with Crippen LogP contribution in [0.5, 0.6) is 0 Å². The zero-order valence-corrected chi connectivity index (χ0v) is 16.7. The molecule has 0 bridgehead atoms. The van der Waals surface area contributed by atoms with Crippen LogP contribution < -0.4 is 15.4 Å². The van der Waals surface area contributed by atoms with Gasteiger partial charge in [-0.1, -0.05) is 30.3 Å². The van der Waals surface area contributed by atoms with Crippen molar-refractivity contribution in [3.63, 3.8) is 0 Å². The van der Waals surface area contributed by atoms with Gasteiger partial charge < -0.3 is 10.6 Å². The number of rotatable bonds is 8. The van der Waals surface area contributed by atoms with Crippen molar-refractivity contribution in [3.8, 4) is 11.1 Å². The summed E-state index contributed by atoms with van der Waals surface area (Å²) >= 11 is 0. The van der Waals surface area contributed by atoms with Crippen LogP contribution >= 0.6 is 0 Å². The molecule has 1 aromatic heterocycles. The van der Waals surface area contributed by atoms with E-state index in [0.717, 1.165) is 11.1 Å². The number of nitrogens with zero attached hydrogens (tertiary/aromatic N) is 1. The molecule has 0 saturated heterocycles. The first-order chi connectivity index (χ1) is 13.9. The average molecular weight is 410 g/mol. The second-order valence-electron chi connectivity index (χ2n) is 6.32. The lowest BCUT2D eigenvalue weighted by Crippen LogP contribution is -2.29. The molecular formula is C21H22N4O3S. The van der Waals surface area contributed by atoms with Crippen LogP contribution in [-0.2, 0) is 14.8 Å². The van der Waals surface area contributed by atoms with E-state index in [-0.39, 0.29) is 17.3 Å². The zero-order valence-electron chi connectivity index (χ0n) is 15.9. The first-order valence-electron chi connectivity index (χ1n) is 9.07. The third kappa shape index (κ3) is 5.87. The van der Waals surface area contributed by atoms with E-state index < -0.39 is 10.0 Å². The van der Waals surface area contributed by atoms with Crippen molar-refractivity contribution >= 4 is 27.4 Å². The molecule has 0 saturated carbocycles. The quantitative estimate of drug-likeness (QED) is 0.496. The third-order valence-electron chi connectivity index (χ3n) is 4.09. The molecule has 0 spiro atoms. The third-order valence-corrected chi connectivity index (χ3v) is 5.57. The van der Waals surface area contributed by atoms with E-state index in [4.69, 9.17) is 0 Å². The van der Waals surface area contributed by atoms with Crippen molar-refractivity contribution in [1.29, 1.82) is 0 Å². The summed E-state index contributed by atoms with van der Waals surface area (Å²) < 4.78 is 27.5. The Bertz CT molecular complexity index is 1050. The van der Waals surface area contributed by atoms with E-state index in [9.17, 15) is 13.2 Å². The average Bonchev–Trinajstić information content (AvgIpc) is 2.72. The van der Waals surface area contributed by atoms with Crippen LogP contribution in [0.3, 0.4) is 0 Å². The van der Waals surface area contributed by atoms with Crippen LogP contribution in [0.25, 0.3) is 11.1 Å². The molecule has 3 rings (SSSR count). The highest BCUT2D eigenvalue weighted by Crippen LogP contribution is 2.23. The summed E-state index contributed by atoms with van der Waals surface area (Å²) in [5.74, 6) is 0.565. The van der Waals surface area contributed by atoms with Crippen molar-refractivity contribution in [2.75, 3.05) is 23.7 Å². The van der Waals surface area contributed by atoms with Gasteiger partial charge in [-0.15, -0.1) is 0 Å². The van der Waals surface area contributed by atoms with Gasteiger partial charge in [0.15, 0.2) is 0 Å². The summed E-state index contributed by atoms with van der Waals surface area (Å²) in [6, 6.07) is 19.5. The molecule has 1 amide bonds. The minimum absolute atomic E-state index is 0.130. The Labute approximate surface area is 170 Å². The van der Waals surface area contributed by atoms with Gasteiger partial charge in [0.2, 0.25) is 15.9 Å². The van der Waals surface area contributed by atoms with Crippen LogP contribution in [0.4, 0.5) is 11.5 Å². The largest absolute Gasteiger partial charge is 0.369 e. The maximum absolute atomic E-state index is 12.4. The number of carbonyl (C=O) groups is 1. The number of carbonyl (C=O) groups excluding carboxylic acids is 1. The molecule has 1 heterocycles. The Hall–Kier alpha value is -3.23. The van der Waals surface area contributed by atoms with Gasteiger partial charge in [-0.3, -0.25) is 4.79 Å². The number of aromatic nitrogens is 1. The molecule has 3 aromatic rings. The van der Waals surface area contributed by atoms with Crippen molar-refractivity contribution in [2.24, 2.45) is 0 Å². The van der Waals surface area contributed by atoms with Gasteiger partial charge in [0.25, 0.3) is 0 Å². The Balaban J connectivity index is 1.58. The zero-order chi connectivity index (χ0) is 20.7. The molecule has 7 nitrogen and oxygen atoms in total. The van der Waals surface area contributed by atoms with Gasteiger partial charge in [0.05, 0.1) is 4.90 Å². The normalized spacial score (nSPS) is 11.1. The van der Waals surface area contributed by atoms with Crippen molar-refractivity contribution < 1.29 is 13.2 Å². The van der Waals surface area contributed by atoms with Crippen LogP contribution in [0.2, 0.25) is 0 Å². The number of anilines is 2. The lowest BCUT2D eigenvalue weighted by atomic mass is 10.1. The van der Waals surface area contributed by atoms with Gasteiger partial charge >= 0.3 is 0 Å². The first-order valence-corrected chi connectivity index (χ1v) is 10.5. The number of sulfonamides is 1. The van der Waals surface area contributed by atoms with Gasteiger partial charge in [0.1, 0.15) is 5.82 Å². The molecule has 0 aliphatic rings. The van der Waals surface area contributed by atoms with Gasteiger partial charge in [-0.25, -0.2) is 18.1 Å². The lowest BCUT2D eigenvalue weighted by molar-refractivity contribution is -0.114. The molecule has 3 N–H and O–H groups in total. The van der Waals surface area contributed by atoms with Crippen molar-refractivity contribution in [3.05, 3.63) is 72.9 Å². The fourth-order valence-electron chi connectivity index (χ4n) is 2.70. The SMILES string of the molecule is CC(=O)Nc1ccc(-c2ccc(S(=O)(=O)NCCNc3ccccn3)cc2)cc1. The molecule has 0 fully saturated rings. The second kappa shape index (κ2) is 9.31. The Morgan fingerprint density at radius 2 is 1.55 bits per heavy atom. The Kier molecular flexibility index (Phi) is 6.58. The number of pyridine rings is 1. The molecular weight excluding hydrogens is 388 g/mol. The van der Waals surface area contributed by atoms with E-state index in [1.54, 1.807) is 42.6 Å². The fraction of sp³-hybridized carbons (Fsp3) is 0.143.